The molecule has 0 bridgehead atoms. The smallest absolute Gasteiger partial charge is 0.339 e. The highest BCUT2D eigenvalue weighted by molar-refractivity contribution is 5.94. The molecule has 0 radical (unpaired) electrons. The molecule has 2 atom stereocenters. The van der Waals surface area contributed by atoms with E-state index in [1.807, 2.05) is 13.8 Å². The van der Waals surface area contributed by atoms with E-state index in [9.17, 15) is 20.1 Å². The van der Waals surface area contributed by atoms with Crippen LogP contribution in [0.15, 0.2) is 29.9 Å². The summed E-state index contributed by atoms with van der Waals surface area (Å²) in [7, 11) is 0. The van der Waals surface area contributed by atoms with Crippen LogP contribution in [0.2, 0.25) is 0 Å². The topological polar surface area (TPSA) is 77.8 Å². The van der Waals surface area contributed by atoms with Crippen molar-refractivity contribution in [2.75, 3.05) is 0 Å². The van der Waals surface area contributed by atoms with Crippen molar-refractivity contribution in [3.8, 4) is 11.5 Å². The molecule has 1 aromatic rings. The van der Waals surface area contributed by atoms with Gasteiger partial charge in [0, 0.05) is 17.0 Å². The van der Waals surface area contributed by atoms with E-state index in [1.165, 1.54) is 5.57 Å². The van der Waals surface area contributed by atoms with Gasteiger partial charge in [0.2, 0.25) is 0 Å². The number of hydrogen-bond acceptors (Lipinski definition) is 3. The molecule has 0 aromatic heterocycles. The summed E-state index contributed by atoms with van der Waals surface area (Å²) in [5.74, 6) is -1.51. The molecule has 26 heavy (non-hydrogen) atoms. The molecule has 0 aliphatic heterocycles. The average molecular weight is 358 g/mol. The third kappa shape index (κ3) is 4.12. The van der Waals surface area contributed by atoms with E-state index in [-0.39, 0.29) is 28.9 Å². The second-order valence-electron chi connectivity index (χ2n) is 7.48. The van der Waals surface area contributed by atoms with Gasteiger partial charge in [-0.3, -0.25) is 0 Å². The van der Waals surface area contributed by atoms with Crippen molar-refractivity contribution in [1.29, 1.82) is 0 Å². The van der Waals surface area contributed by atoms with Crippen LogP contribution in [0.5, 0.6) is 11.5 Å². The zero-order valence-corrected chi connectivity index (χ0v) is 16.0. The van der Waals surface area contributed by atoms with Crippen LogP contribution in [0.1, 0.15) is 80.3 Å². The highest BCUT2D eigenvalue weighted by atomic mass is 16.4. The highest BCUT2D eigenvalue weighted by Gasteiger charge is 2.31. The second kappa shape index (κ2) is 8.43. The van der Waals surface area contributed by atoms with Crippen molar-refractivity contribution in [1.82, 2.24) is 0 Å². The summed E-state index contributed by atoms with van der Waals surface area (Å²) in [6, 6.07) is 1.55. The summed E-state index contributed by atoms with van der Waals surface area (Å²) < 4.78 is 0. The van der Waals surface area contributed by atoms with Gasteiger partial charge in [0.1, 0.15) is 17.1 Å². The standard InChI is InChI=1S/C22H30O4/c1-5-6-7-8-16-19(23)12-18(21(24)20(16)22(25)26)17-11-14(4)9-10-15(17)13(2)3/h11-12,15,17,23-24H,2,5-10H2,1,3-4H3,(H,25,26). The van der Waals surface area contributed by atoms with E-state index in [2.05, 4.69) is 19.6 Å². The van der Waals surface area contributed by atoms with Crippen LogP contribution < -0.4 is 0 Å². The molecule has 1 aliphatic carbocycles. The normalized spacial score (nSPS) is 19.9. The summed E-state index contributed by atoms with van der Waals surface area (Å²) in [4.78, 5) is 11.8. The van der Waals surface area contributed by atoms with Gasteiger partial charge in [0.25, 0.3) is 0 Å². The number of aromatic hydroxyl groups is 2. The van der Waals surface area contributed by atoms with Gasteiger partial charge in [-0.25, -0.2) is 4.79 Å². The Bertz CT molecular complexity index is 730. The van der Waals surface area contributed by atoms with Crippen LogP contribution in [0.3, 0.4) is 0 Å². The number of unbranched alkanes of at least 4 members (excludes halogenated alkanes) is 2. The van der Waals surface area contributed by atoms with Crippen molar-refractivity contribution in [3.05, 3.63) is 46.6 Å². The zero-order valence-electron chi connectivity index (χ0n) is 16.0. The van der Waals surface area contributed by atoms with Gasteiger partial charge in [-0.15, -0.1) is 0 Å². The molecule has 2 unspecified atom stereocenters. The Kier molecular flexibility index (Phi) is 6.52. The monoisotopic (exact) mass is 358 g/mol. The van der Waals surface area contributed by atoms with E-state index in [0.29, 0.717) is 17.5 Å². The average Bonchev–Trinajstić information content (AvgIpc) is 2.57. The SMILES string of the molecule is C=C(C)C1CCC(C)=CC1c1cc(O)c(CCCCC)c(C(=O)O)c1O. The minimum atomic E-state index is -1.20. The van der Waals surface area contributed by atoms with Gasteiger partial charge in [-0.1, -0.05) is 43.6 Å². The lowest BCUT2D eigenvalue weighted by atomic mass is 9.73. The molecule has 0 saturated carbocycles. The molecule has 0 spiro atoms. The number of hydrogen-bond donors (Lipinski definition) is 3. The summed E-state index contributed by atoms with van der Waals surface area (Å²) in [6.07, 6.45) is 7.10. The van der Waals surface area contributed by atoms with Crippen LogP contribution in [0, 0.1) is 5.92 Å². The number of allylic oxidation sites excluding steroid dienone is 3. The molecule has 2 rings (SSSR count). The molecule has 0 amide bonds. The van der Waals surface area contributed by atoms with Crippen molar-refractivity contribution < 1.29 is 20.1 Å². The van der Waals surface area contributed by atoms with Crippen molar-refractivity contribution in [2.24, 2.45) is 5.92 Å². The first-order valence-corrected chi connectivity index (χ1v) is 9.41. The number of phenols is 2. The fourth-order valence-electron chi connectivity index (χ4n) is 3.94. The number of phenolic OH excluding ortho intramolecular Hbond substituents is 1. The molecular formula is C22H30O4. The Hall–Kier alpha value is -2.23. The number of benzene rings is 1. The number of aromatic carboxylic acids is 1. The quantitative estimate of drug-likeness (QED) is 0.339. The lowest BCUT2D eigenvalue weighted by Crippen LogP contribution is -2.18. The molecular weight excluding hydrogens is 328 g/mol. The van der Waals surface area contributed by atoms with Crippen LogP contribution >= 0.6 is 0 Å². The fourth-order valence-corrected chi connectivity index (χ4v) is 3.94. The van der Waals surface area contributed by atoms with Crippen LogP contribution in [0.4, 0.5) is 0 Å². The zero-order chi connectivity index (χ0) is 19.4. The highest BCUT2D eigenvalue weighted by Crippen LogP contribution is 2.46. The lowest BCUT2D eigenvalue weighted by Gasteiger charge is -2.31. The van der Waals surface area contributed by atoms with Gasteiger partial charge >= 0.3 is 5.97 Å². The second-order valence-corrected chi connectivity index (χ2v) is 7.48. The van der Waals surface area contributed by atoms with Crippen molar-refractivity contribution in [3.63, 3.8) is 0 Å². The number of carbonyl (C=O) groups is 1. The first-order valence-electron chi connectivity index (χ1n) is 9.41. The fraction of sp³-hybridized carbons (Fsp3) is 0.500. The predicted molar refractivity (Wildman–Crippen MR) is 104 cm³/mol. The Morgan fingerprint density at radius 1 is 1.31 bits per heavy atom. The van der Waals surface area contributed by atoms with Gasteiger partial charge in [0.15, 0.2) is 0 Å². The van der Waals surface area contributed by atoms with Gasteiger partial charge in [-0.2, -0.15) is 0 Å². The molecule has 3 N–H and O–H groups in total. The van der Waals surface area contributed by atoms with E-state index >= 15 is 0 Å². The van der Waals surface area contributed by atoms with Crippen LogP contribution in [0.25, 0.3) is 0 Å². The Labute approximate surface area is 155 Å². The van der Waals surface area contributed by atoms with Crippen molar-refractivity contribution >= 4 is 5.97 Å². The maximum Gasteiger partial charge on any atom is 0.339 e. The van der Waals surface area contributed by atoms with Crippen molar-refractivity contribution in [2.45, 2.75) is 65.2 Å². The van der Waals surface area contributed by atoms with Crippen LogP contribution in [-0.2, 0) is 6.42 Å². The number of carboxylic acid groups (broad SMARTS) is 1. The van der Waals surface area contributed by atoms with Gasteiger partial charge in [0.05, 0.1) is 0 Å². The third-order valence-corrected chi connectivity index (χ3v) is 5.40. The Morgan fingerprint density at radius 3 is 2.58 bits per heavy atom. The molecule has 142 valence electrons. The predicted octanol–water partition coefficient (Wildman–Crippen LogP) is 5.54. The van der Waals surface area contributed by atoms with Gasteiger partial charge < -0.3 is 15.3 Å². The third-order valence-electron chi connectivity index (χ3n) is 5.40. The van der Waals surface area contributed by atoms with Gasteiger partial charge in [-0.05, 0) is 51.5 Å². The first-order chi connectivity index (χ1) is 12.3. The van der Waals surface area contributed by atoms with E-state index in [1.54, 1.807) is 6.07 Å². The number of rotatable bonds is 7. The maximum absolute atomic E-state index is 11.8. The summed E-state index contributed by atoms with van der Waals surface area (Å²) in [5, 5.41) is 31.0. The molecule has 0 saturated heterocycles. The maximum atomic E-state index is 11.8. The molecule has 4 heteroatoms. The molecule has 0 fully saturated rings. The molecule has 1 aromatic carbocycles. The molecule has 4 nitrogen and oxygen atoms in total. The largest absolute Gasteiger partial charge is 0.508 e. The molecule has 1 aliphatic rings. The molecule has 0 heterocycles. The summed E-state index contributed by atoms with van der Waals surface area (Å²) in [5.41, 5.74) is 2.85. The minimum Gasteiger partial charge on any atom is -0.508 e. The Balaban J connectivity index is 2.57. The van der Waals surface area contributed by atoms with E-state index in [4.69, 9.17) is 0 Å². The summed E-state index contributed by atoms with van der Waals surface area (Å²) >= 11 is 0. The van der Waals surface area contributed by atoms with Crippen LogP contribution in [-0.4, -0.2) is 21.3 Å². The Morgan fingerprint density at radius 2 is 2.00 bits per heavy atom. The van der Waals surface area contributed by atoms with E-state index < -0.39 is 5.97 Å². The summed E-state index contributed by atoms with van der Waals surface area (Å²) in [6.45, 7) is 10.1. The minimum absolute atomic E-state index is 0.0385. The first kappa shape index (κ1) is 20.1. The lowest BCUT2D eigenvalue weighted by molar-refractivity contribution is 0.0691. The van der Waals surface area contributed by atoms with E-state index in [0.717, 1.165) is 37.7 Å². The number of carboxylic acids is 1.